The summed E-state index contributed by atoms with van der Waals surface area (Å²) in [5.74, 6) is 0.274. The highest BCUT2D eigenvalue weighted by Crippen LogP contribution is 2.34. The lowest BCUT2D eigenvalue weighted by Crippen LogP contribution is -2.42. The van der Waals surface area contributed by atoms with Gasteiger partial charge in [-0.15, -0.1) is 0 Å². The van der Waals surface area contributed by atoms with Crippen molar-refractivity contribution in [3.63, 3.8) is 0 Å². The Balaban J connectivity index is 1.55. The van der Waals surface area contributed by atoms with Gasteiger partial charge in [0.2, 0.25) is 5.91 Å². The second kappa shape index (κ2) is 11.4. The molecule has 2 amide bonds. The van der Waals surface area contributed by atoms with Crippen LogP contribution in [0.1, 0.15) is 54.8 Å². The predicted octanol–water partition coefficient (Wildman–Crippen LogP) is 4.59. The van der Waals surface area contributed by atoms with Crippen molar-refractivity contribution in [3.05, 3.63) is 88.2 Å². The minimum Gasteiger partial charge on any atom is -0.371 e. The zero-order chi connectivity index (χ0) is 25.7. The maximum Gasteiger partial charge on any atom is 0.254 e. The molecular formula is C28H32ClN5O2. The molecule has 1 heterocycles. The number of aryl methyl sites for hydroxylation is 1. The van der Waals surface area contributed by atoms with E-state index in [-0.39, 0.29) is 23.2 Å². The lowest BCUT2D eigenvalue weighted by molar-refractivity contribution is -0.114. The third kappa shape index (κ3) is 6.34. The lowest BCUT2D eigenvalue weighted by Gasteiger charge is -2.31. The third-order valence-electron chi connectivity index (χ3n) is 6.65. The fraction of sp³-hybridized carbons (Fsp3) is 0.321. The van der Waals surface area contributed by atoms with Gasteiger partial charge in [0.25, 0.3) is 5.91 Å². The largest absolute Gasteiger partial charge is 0.371 e. The number of rotatable bonds is 10. The molecule has 36 heavy (non-hydrogen) atoms. The fourth-order valence-corrected chi connectivity index (χ4v) is 4.68. The van der Waals surface area contributed by atoms with Crippen molar-refractivity contribution in [1.82, 2.24) is 10.6 Å². The molecule has 0 radical (unpaired) electrons. The number of amides is 2. The number of nitrogens with two attached hydrogens (primary N) is 1. The maximum absolute atomic E-state index is 12.5. The highest BCUT2D eigenvalue weighted by Gasteiger charge is 2.27. The summed E-state index contributed by atoms with van der Waals surface area (Å²) >= 11 is 6.16. The Morgan fingerprint density at radius 1 is 1.17 bits per heavy atom. The van der Waals surface area contributed by atoms with Gasteiger partial charge in [-0.2, -0.15) is 0 Å². The Morgan fingerprint density at radius 3 is 2.58 bits per heavy atom. The number of nitrogens with one attached hydrogen (secondary N) is 4. The molecule has 1 unspecified atom stereocenters. The fourth-order valence-electron chi connectivity index (χ4n) is 4.51. The SMILES string of the molecule is C=CC(=O)Nc1cc(Cl)ccc1C1CCN/C(=C(/C(=N)c2ccc(CCCC3CC3)cc2)C(N)=O)N1. The van der Waals surface area contributed by atoms with Gasteiger partial charge in [-0.1, -0.05) is 67.8 Å². The second-order valence-electron chi connectivity index (χ2n) is 9.36. The van der Waals surface area contributed by atoms with Crippen LogP contribution in [0.15, 0.2) is 66.5 Å². The maximum atomic E-state index is 12.5. The van der Waals surface area contributed by atoms with Crippen molar-refractivity contribution in [2.75, 3.05) is 11.9 Å². The van der Waals surface area contributed by atoms with E-state index in [9.17, 15) is 9.59 Å². The summed E-state index contributed by atoms with van der Waals surface area (Å²) < 4.78 is 0. The molecule has 6 N–H and O–H groups in total. The molecule has 188 valence electrons. The van der Waals surface area contributed by atoms with E-state index in [1.165, 1.54) is 37.3 Å². The molecule has 2 aliphatic rings. The Hall–Kier alpha value is -3.58. The Morgan fingerprint density at radius 2 is 1.92 bits per heavy atom. The van der Waals surface area contributed by atoms with Crippen molar-refractivity contribution in [2.24, 2.45) is 11.7 Å². The van der Waals surface area contributed by atoms with Crippen molar-refractivity contribution in [1.29, 1.82) is 5.41 Å². The zero-order valence-corrected chi connectivity index (χ0v) is 21.0. The lowest BCUT2D eigenvalue weighted by atomic mass is 9.96. The van der Waals surface area contributed by atoms with Crippen LogP contribution in [0, 0.1) is 11.3 Å². The van der Waals surface area contributed by atoms with Gasteiger partial charge in [0.1, 0.15) is 11.4 Å². The number of hydrogen-bond donors (Lipinski definition) is 5. The smallest absolute Gasteiger partial charge is 0.254 e. The first-order chi connectivity index (χ1) is 17.4. The van der Waals surface area contributed by atoms with Gasteiger partial charge < -0.3 is 21.7 Å². The van der Waals surface area contributed by atoms with Crippen LogP contribution in [-0.2, 0) is 16.0 Å². The van der Waals surface area contributed by atoms with Crippen molar-refractivity contribution in [2.45, 2.75) is 44.6 Å². The van der Waals surface area contributed by atoms with E-state index in [1.54, 1.807) is 12.1 Å². The third-order valence-corrected chi connectivity index (χ3v) is 6.89. The molecule has 1 saturated carbocycles. The van der Waals surface area contributed by atoms with E-state index in [1.807, 2.05) is 30.3 Å². The van der Waals surface area contributed by atoms with E-state index in [0.29, 0.717) is 35.1 Å². The molecule has 7 nitrogen and oxygen atoms in total. The Bertz CT molecular complexity index is 1200. The number of primary amides is 1. The summed E-state index contributed by atoms with van der Waals surface area (Å²) in [7, 11) is 0. The molecule has 2 aromatic carbocycles. The highest BCUT2D eigenvalue weighted by atomic mass is 35.5. The minimum atomic E-state index is -0.694. The number of carbonyl (C=O) groups excluding carboxylic acids is 2. The van der Waals surface area contributed by atoms with E-state index >= 15 is 0 Å². The van der Waals surface area contributed by atoms with Crippen LogP contribution in [0.25, 0.3) is 0 Å². The highest BCUT2D eigenvalue weighted by molar-refractivity contribution is 6.31. The Kier molecular flexibility index (Phi) is 8.10. The number of halogens is 1. The standard InChI is InChI=1S/C28H32ClN5O2/c1-2-24(35)33-23-16-20(29)12-13-21(23)22-14-15-32-28(34-22)25(27(31)36)26(30)19-10-8-18(9-11-19)5-3-4-17-6-7-17/h2,8-13,16-17,22,30,32,34H,1,3-7,14-15H2,(H2,31,36)(H,33,35)/b28-25+,30-26?. The normalized spacial score (nSPS) is 18.4. The van der Waals surface area contributed by atoms with Gasteiger partial charge in [-0.3, -0.25) is 15.0 Å². The second-order valence-corrected chi connectivity index (χ2v) is 9.80. The monoisotopic (exact) mass is 505 g/mol. The minimum absolute atomic E-state index is 0.0546. The first-order valence-electron chi connectivity index (χ1n) is 12.3. The summed E-state index contributed by atoms with van der Waals surface area (Å²) in [5, 5.41) is 18.5. The molecule has 0 bridgehead atoms. The average molecular weight is 506 g/mol. The summed E-state index contributed by atoms with van der Waals surface area (Å²) in [5.41, 5.74) is 9.11. The van der Waals surface area contributed by atoms with Gasteiger partial charge in [-0.05, 0) is 54.5 Å². The molecule has 0 spiro atoms. The number of hydrogen-bond acceptors (Lipinski definition) is 5. The van der Waals surface area contributed by atoms with Crippen molar-refractivity contribution < 1.29 is 9.59 Å². The van der Waals surface area contributed by atoms with Crippen LogP contribution in [0.2, 0.25) is 5.02 Å². The van der Waals surface area contributed by atoms with Gasteiger partial charge >= 0.3 is 0 Å². The van der Waals surface area contributed by atoms with Crippen LogP contribution >= 0.6 is 11.6 Å². The van der Waals surface area contributed by atoms with Gasteiger partial charge in [-0.25, -0.2) is 0 Å². The topological polar surface area (TPSA) is 120 Å². The summed E-state index contributed by atoms with van der Waals surface area (Å²) in [6.45, 7) is 4.05. The van der Waals surface area contributed by atoms with Crippen molar-refractivity contribution in [3.8, 4) is 0 Å². The molecule has 1 aliphatic carbocycles. The molecule has 1 saturated heterocycles. The zero-order valence-electron chi connectivity index (χ0n) is 20.2. The van der Waals surface area contributed by atoms with E-state index in [2.05, 4.69) is 22.5 Å². The Labute approximate surface area is 216 Å². The number of anilines is 1. The van der Waals surface area contributed by atoms with Crippen LogP contribution in [-0.4, -0.2) is 24.1 Å². The first kappa shape index (κ1) is 25.5. The predicted molar refractivity (Wildman–Crippen MR) is 144 cm³/mol. The van der Waals surface area contributed by atoms with E-state index in [4.69, 9.17) is 22.7 Å². The molecular weight excluding hydrogens is 474 g/mol. The molecule has 4 rings (SSSR count). The first-order valence-corrected chi connectivity index (χ1v) is 12.7. The van der Waals surface area contributed by atoms with Crippen LogP contribution < -0.4 is 21.7 Å². The van der Waals surface area contributed by atoms with Crippen LogP contribution in [0.5, 0.6) is 0 Å². The van der Waals surface area contributed by atoms with Gasteiger partial charge in [0, 0.05) is 22.8 Å². The van der Waals surface area contributed by atoms with Crippen molar-refractivity contribution >= 4 is 34.8 Å². The van der Waals surface area contributed by atoms with E-state index in [0.717, 1.165) is 17.9 Å². The molecule has 2 aromatic rings. The quantitative estimate of drug-likeness (QED) is 0.239. The molecule has 2 fully saturated rings. The number of benzene rings is 2. The van der Waals surface area contributed by atoms with Crippen LogP contribution in [0.3, 0.4) is 0 Å². The molecule has 1 atom stereocenters. The summed E-state index contributed by atoms with van der Waals surface area (Å²) in [6.07, 6.45) is 8.07. The summed E-state index contributed by atoms with van der Waals surface area (Å²) in [4.78, 5) is 24.4. The molecule has 0 aromatic heterocycles. The van der Waals surface area contributed by atoms with Gasteiger partial charge in [0.15, 0.2) is 0 Å². The molecule has 8 heteroatoms. The molecule has 1 aliphatic heterocycles. The van der Waals surface area contributed by atoms with E-state index < -0.39 is 5.91 Å². The average Bonchev–Trinajstić information content (AvgIpc) is 3.69. The van der Waals surface area contributed by atoms with Crippen LogP contribution in [0.4, 0.5) is 5.69 Å². The van der Waals surface area contributed by atoms with Gasteiger partial charge in [0.05, 0.1) is 11.8 Å². The summed E-state index contributed by atoms with van der Waals surface area (Å²) in [6, 6.07) is 12.8. The number of carbonyl (C=O) groups is 2.